The van der Waals surface area contributed by atoms with Crippen molar-refractivity contribution in [3.8, 4) is 5.75 Å². The van der Waals surface area contributed by atoms with Crippen LogP contribution in [-0.2, 0) is 0 Å². The molecule has 20 heavy (non-hydrogen) atoms. The van der Waals surface area contributed by atoms with Gasteiger partial charge in [-0.25, -0.2) is 0 Å². The Kier molecular flexibility index (Phi) is 6.43. The molecule has 1 N–H and O–H groups in total. The Morgan fingerprint density at radius 3 is 2.85 bits per heavy atom. The van der Waals surface area contributed by atoms with Crippen molar-refractivity contribution < 1.29 is 9.84 Å². The number of rotatable bonds is 5. The summed E-state index contributed by atoms with van der Waals surface area (Å²) < 4.78 is 5.71. The van der Waals surface area contributed by atoms with Gasteiger partial charge in [-0.15, -0.1) is 0 Å². The molecule has 1 aromatic rings. The maximum atomic E-state index is 9.46. The minimum atomic E-state index is 0.224. The van der Waals surface area contributed by atoms with Crippen molar-refractivity contribution in [1.82, 2.24) is 4.90 Å². The maximum Gasteiger partial charge on any atom is 0.138 e. The minimum absolute atomic E-state index is 0.224. The Balaban J connectivity index is 1.84. The zero-order valence-corrected chi connectivity index (χ0v) is 13.0. The number of aliphatic hydroxyl groups excluding tert-OH is 1. The number of aliphatic hydroxyl groups is 1. The van der Waals surface area contributed by atoms with E-state index in [0.717, 1.165) is 19.5 Å². The highest BCUT2D eigenvalue weighted by Crippen LogP contribution is 2.27. The summed E-state index contributed by atoms with van der Waals surface area (Å²) in [5.41, 5.74) is 0. The molecule has 1 heterocycles. The van der Waals surface area contributed by atoms with Crippen LogP contribution in [0.4, 0.5) is 0 Å². The number of halogens is 2. The molecule has 1 fully saturated rings. The SMILES string of the molecule is OCC1CCCCCN1CCOc1ccc(Cl)cc1Cl. The van der Waals surface area contributed by atoms with Gasteiger partial charge >= 0.3 is 0 Å². The van der Waals surface area contributed by atoms with Crippen LogP contribution in [0.2, 0.25) is 10.0 Å². The fourth-order valence-corrected chi connectivity index (χ4v) is 3.07. The summed E-state index contributed by atoms with van der Waals surface area (Å²) in [5, 5.41) is 10.6. The van der Waals surface area contributed by atoms with Gasteiger partial charge in [-0.3, -0.25) is 4.90 Å². The highest BCUT2D eigenvalue weighted by molar-refractivity contribution is 6.35. The van der Waals surface area contributed by atoms with Crippen molar-refractivity contribution in [1.29, 1.82) is 0 Å². The summed E-state index contributed by atoms with van der Waals surface area (Å²) >= 11 is 11.9. The molecule has 1 aliphatic rings. The molecule has 0 bridgehead atoms. The quantitative estimate of drug-likeness (QED) is 0.900. The van der Waals surface area contributed by atoms with Gasteiger partial charge in [0, 0.05) is 17.6 Å². The number of nitrogens with zero attached hydrogens (tertiary/aromatic N) is 1. The van der Waals surface area contributed by atoms with E-state index in [0.29, 0.717) is 22.4 Å². The van der Waals surface area contributed by atoms with Crippen LogP contribution in [0.3, 0.4) is 0 Å². The first-order chi connectivity index (χ1) is 9.70. The zero-order valence-electron chi connectivity index (χ0n) is 11.5. The summed E-state index contributed by atoms with van der Waals surface area (Å²) in [6, 6.07) is 5.50. The van der Waals surface area contributed by atoms with Crippen LogP contribution >= 0.6 is 23.2 Å². The average Bonchev–Trinajstić information content (AvgIpc) is 2.66. The van der Waals surface area contributed by atoms with E-state index in [1.165, 1.54) is 19.3 Å². The third-order valence-corrected chi connectivity index (χ3v) is 4.27. The van der Waals surface area contributed by atoms with Gasteiger partial charge < -0.3 is 9.84 Å². The van der Waals surface area contributed by atoms with Crippen molar-refractivity contribution in [3.63, 3.8) is 0 Å². The highest BCUT2D eigenvalue weighted by Gasteiger charge is 2.19. The molecule has 0 radical (unpaired) electrons. The van der Waals surface area contributed by atoms with Gasteiger partial charge in [0.15, 0.2) is 0 Å². The van der Waals surface area contributed by atoms with E-state index in [4.69, 9.17) is 27.9 Å². The number of hydrogen-bond acceptors (Lipinski definition) is 3. The lowest BCUT2D eigenvalue weighted by Crippen LogP contribution is -2.40. The topological polar surface area (TPSA) is 32.7 Å². The van der Waals surface area contributed by atoms with Gasteiger partial charge in [-0.1, -0.05) is 36.0 Å². The molecular weight excluding hydrogens is 297 g/mol. The standard InChI is InChI=1S/C15H21Cl2NO2/c16-12-5-6-15(14(17)10-12)20-9-8-18-7-3-1-2-4-13(18)11-19/h5-6,10,13,19H,1-4,7-9,11H2. The first kappa shape index (κ1) is 15.9. The molecule has 0 amide bonds. The number of ether oxygens (including phenoxy) is 1. The Morgan fingerprint density at radius 1 is 1.25 bits per heavy atom. The second-order valence-corrected chi connectivity index (χ2v) is 5.99. The van der Waals surface area contributed by atoms with Gasteiger partial charge in [0.25, 0.3) is 0 Å². The predicted octanol–water partition coefficient (Wildman–Crippen LogP) is 3.61. The third kappa shape index (κ3) is 4.52. The summed E-state index contributed by atoms with van der Waals surface area (Å²) in [7, 11) is 0. The average molecular weight is 318 g/mol. The normalized spacial score (nSPS) is 20.6. The second kappa shape index (κ2) is 8.08. The number of likely N-dealkylation sites (tertiary alicyclic amines) is 1. The lowest BCUT2D eigenvalue weighted by Gasteiger charge is -2.28. The van der Waals surface area contributed by atoms with Crippen molar-refractivity contribution >= 4 is 23.2 Å². The van der Waals surface area contributed by atoms with Crippen LogP contribution in [0.5, 0.6) is 5.75 Å². The smallest absolute Gasteiger partial charge is 0.138 e. The van der Waals surface area contributed by atoms with Crippen molar-refractivity contribution in [2.24, 2.45) is 0 Å². The Labute approximate surface area is 130 Å². The van der Waals surface area contributed by atoms with Gasteiger partial charge in [0.05, 0.1) is 11.6 Å². The molecule has 1 aromatic carbocycles. The predicted molar refractivity (Wildman–Crippen MR) is 82.9 cm³/mol. The van der Waals surface area contributed by atoms with E-state index < -0.39 is 0 Å². The molecule has 0 aliphatic carbocycles. The summed E-state index contributed by atoms with van der Waals surface area (Å²) in [4.78, 5) is 2.32. The molecule has 112 valence electrons. The molecule has 1 atom stereocenters. The van der Waals surface area contributed by atoms with E-state index in [2.05, 4.69) is 4.90 Å². The van der Waals surface area contributed by atoms with E-state index >= 15 is 0 Å². The van der Waals surface area contributed by atoms with Gasteiger partial charge in [0.1, 0.15) is 12.4 Å². The molecule has 1 saturated heterocycles. The third-order valence-electron chi connectivity index (χ3n) is 3.74. The molecule has 1 unspecified atom stereocenters. The molecule has 0 saturated carbocycles. The van der Waals surface area contributed by atoms with Crippen LogP contribution in [-0.4, -0.2) is 42.4 Å². The molecule has 3 nitrogen and oxygen atoms in total. The minimum Gasteiger partial charge on any atom is -0.491 e. The van der Waals surface area contributed by atoms with Crippen LogP contribution in [0.1, 0.15) is 25.7 Å². The lowest BCUT2D eigenvalue weighted by molar-refractivity contribution is 0.108. The summed E-state index contributed by atoms with van der Waals surface area (Å²) in [6.45, 7) is 2.63. The van der Waals surface area contributed by atoms with Crippen molar-refractivity contribution in [3.05, 3.63) is 28.2 Å². The van der Waals surface area contributed by atoms with Gasteiger partial charge in [-0.2, -0.15) is 0 Å². The van der Waals surface area contributed by atoms with E-state index in [-0.39, 0.29) is 12.6 Å². The first-order valence-electron chi connectivity index (χ1n) is 7.13. The van der Waals surface area contributed by atoms with E-state index in [1.54, 1.807) is 18.2 Å². The highest BCUT2D eigenvalue weighted by atomic mass is 35.5. The fraction of sp³-hybridized carbons (Fsp3) is 0.600. The zero-order chi connectivity index (χ0) is 14.4. The van der Waals surface area contributed by atoms with E-state index in [9.17, 15) is 5.11 Å². The Hall–Kier alpha value is -0.480. The second-order valence-electron chi connectivity index (χ2n) is 5.14. The largest absolute Gasteiger partial charge is 0.491 e. The van der Waals surface area contributed by atoms with E-state index in [1.807, 2.05) is 0 Å². The molecule has 0 aromatic heterocycles. The summed E-state index contributed by atoms with van der Waals surface area (Å²) in [5.74, 6) is 0.659. The summed E-state index contributed by atoms with van der Waals surface area (Å²) in [6.07, 6.45) is 4.71. The Morgan fingerprint density at radius 2 is 2.10 bits per heavy atom. The molecule has 2 rings (SSSR count). The van der Waals surface area contributed by atoms with Crippen LogP contribution in [0.25, 0.3) is 0 Å². The number of benzene rings is 1. The van der Waals surface area contributed by atoms with Crippen LogP contribution < -0.4 is 4.74 Å². The van der Waals surface area contributed by atoms with Gasteiger partial charge in [0.2, 0.25) is 0 Å². The van der Waals surface area contributed by atoms with Crippen molar-refractivity contribution in [2.45, 2.75) is 31.7 Å². The van der Waals surface area contributed by atoms with Crippen molar-refractivity contribution in [2.75, 3.05) is 26.3 Å². The monoisotopic (exact) mass is 317 g/mol. The first-order valence-corrected chi connectivity index (χ1v) is 7.89. The molecule has 0 spiro atoms. The molecular formula is C15H21Cl2NO2. The van der Waals surface area contributed by atoms with Crippen LogP contribution in [0, 0.1) is 0 Å². The maximum absolute atomic E-state index is 9.46. The Bertz CT molecular complexity index is 428. The lowest BCUT2D eigenvalue weighted by atomic mass is 10.1. The molecule has 1 aliphatic heterocycles. The molecule has 5 heteroatoms. The fourth-order valence-electron chi connectivity index (χ4n) is 2.60. The number of hydrogen-bond donors (Lipinski definition) is 1. The van der Waals surface area contributed by atoms with Crippen LogP contribution in [0.15, 0.2) is 18.2 Å². The van der Waals surface area contributed by atoms with Gasteiger partial charge in [-0.05, 0) is 37.6 Å².